The molecular weight excluding hydrogens is 152 g/mol. The van der Waals surface area contributed by atoms with Crippen LogP contribution in [-0.4, -0.2) is 30.1 Å². The van der Waals surface area contributed by atoms with Gasteiger partial charge in [-0.15, -0.1) is 0 Å². The van der Waals surface area contributed by atoms with Crippen LogP contribution in [0, 0.1) is 6.92 Å². The van der Waals surface area contributed by atoms with E-state index >= 15 is 0 Å². The lowest BCUT2D eigenvalue weighted by Crippen LogP contribution is -2.31. The predicted octanol–water partition coefficient (Wildman–Crippen LogP) is 0.647. The van der Waals surface area contributed by atoms with Gasteiger partial charge in [-0.2, -0.15) is 0 Å². The normalized spacial score (nSPS) is 15.3. The maximum atomic E-state index is 4.30. The summed E-state index contributed by atoms with van der Waals surface area (Å²) >= 11 is 0. The summed E-state index contributed by atoms with van der Waals surface area (Å²) in [7, 11) is 2.05. The van der Waals surface area contributed by atoms with Gasteiger partial charge in [0.15, 0.2) is 5.82 Å². The third kappa shape index (κ3) is 1.09. The SMILES string of the molecule is Cc1ncc2c(n1)NCCN2C. The van der Waals surface area contributed by atoms with E-state index < -0.39 is 0 Å². The fourth-order valence-electron chi connectivity index (χ4n) is 1.34. The first-order chi connectivity index (χ1) is 5.77. The van der Waals surface area contributed by atoms with Gasteiger partial charge >= 0.3 is 0 Å². The molecule has 0 bridgehead atoms. The van der Waals surface area contributed by atoms with Crippen LogP contribution in [0.1, 0.15) is 5.82 Å². The van der Waals surface area contributed by atoms with Crippen LogP contribution in [0.2, 0.25) is 0 Å². The largest absolute Gasteiger partial charge is 0.369 e. The molecule has 4 nitrogen and oxygen atoms in total. The molecule has 1 aliphatic rings. The average molecular weight is 164 g/mol. The van der Waals surface area contributed by atoms with Gasteiger partial charge in [-0.25, -0.2) is 9.97 Å². The van der Waals surface area contributed by atoms with Gasteiger partial charge in [0.25, 0.3) is 0 Å². The van der Waals surface area contributed by atoms with Crippen molar-refractivity contribution in [2.75, 3.05) is 30.4 Å². The Morgan fingerprint density at radius 1 is 1.58 bits per heavy atom. The Bertz CT molecular complexity index is 297. The zero-order valence-corrected chi connectivity index (χ0v) is 7.33. The molecule has 64 valence electrons. The third-order valence-electron chi connectivity index (χ3n) is 2.04. The lowest BCUT2D eigenvalue weighted by atomic mass is 10.3. The molecule has 0 spiro atoms. The standard InChI is InChI=1S/C8H12N4/c1-6-10-5-7-8(11-6)9-3-4-12(7)2/h5H,3-4H2,1-2H3,(H,9,10,11). The van der Waals surface area contributed by atoms with E-state index in [1.54, 1.807) is 0 Å². The number of hydrogen-bond acceptors (Lipinski definition) is 4. The van der Waals surface area contributed by atoms with Crippen LogP contribution in [0.5, 0.6) is 0 Å². The van der Waals surface area contributed by atoms with Gasteiger partial charge in [0.05, 0.1) is 11.9 Å². The first-order valence-electron chi connectivity index (χ1n) is 4.06. The molecule has 0 amide bonds. The Kier molecular flexibility index (Phi) is 1.60. The Labute approximate surface area is 71.6 Å². The van der Waals surface area contributed by atoms with E-state index in [0.29, 0.717) is 0 Å². The van der Waals surface area contributed by atoms with Crippen LogP contribution in [0.4, 0.5) is 11.5 Å². The molecule has 0 radical (unpaired) electrons. The Morgan fingerprint density at radius 2 is 2.42 bits per heavy atom. The van der Waals surface area contributed by atoms with Crippen molar-refractivity contribution in [3.63, 3.8) is 0 Å². The highest BCUT2D eigenvalue weighted by Crippen LogP contribution is 2.23. The average Bonchev–Trinajstić information content (AvgIpc) is 2.04. The van der Waals surface area contributed by atoms with Crippen LogP contribution < -0.4 is 10.2 Å². The molecule has 0 saturated heterocycles. The van der Waals surface area contributed by atoms with Crippen molar-refractivity contribution < 1.29 is 0 Å². The van der Waals surface area contributed by atoms with Gasteiger partial charge in [-0.05, 0) is 6.92 Å². The van der Waals surface area contributed by atoms with E-state index in [2.05, 4.69) is 27.2 Å². The predicted molar refractivity (Wildman–Crippen MR) is 48.5 cm³/mol. The number of anilines is 2. The number of nitrogens with zero attached hydrogens (tertiary/aromatic N) is 3. The van der Waals surface area contributed by atoms with E-state index in [0.717, 1.165) is 30.4 Å². The van der Waals surface area contributed by atoms with Gasteiger partial charge in [0, 0.05) is 20.1 Å². The van der Waals surface area contributed by atoms with Gasteiger partial charge in [0.1, 0.15) is 5.82 Å². The maximum absolute atomic E-state index is 4.30. The van der Waals surface area contributed by atoms with Gasteiger partial charge in [-0.3, -0.25) is 0 Å². The molecule has 0 fully saturated rings. The molecule has 0 atom stereocenters. The fraction of sp³-hybridized carbons (Fsp3) is 0.500. The second kappa shape index (κ2) is 2.62. The minimum atomic E-state index is 0.816. The molecule has 0 unspecified atom stereocenters. The monoisotopic (exact) mass is 164 g/mol. The van der Waals surface area contributed by atoms with Crippen molar-refractivity contribution >= 4 is 11.5 Å². The van der Waals surface area contributed by atoms with E-state index in [9.17, 15) is 0 Å². The molecule has 1 aliphatic heterocycles. The van der Waals surface area contributed by atoms with E-state index in [1.165, 1.54) is 0 Å². The summed E-state index contributed by atoms with van der Waals surface area (Å²) in [6, 6.07) is 0. The first kappa shape index (κ1) is 7.34. The van der Waals surface area contributed by atoms with Crippen molar-refractivity contribution in [2.45, 2.75) is 6.92 Å². The number of hydrogen-bond donors (Lipinski definition) is 1. The van der Waals surface area contributed by atoms with E-state index in [-0.39, 0.29) is 0 Å². The van der Waals surface area contributed by atoms with Crippen LogP contribution in [-0.2, 0) is 0 Å². The van der Waals surface area contributed by atoms with Gasteiger partial charge in [-0.1, -0.05) is 0 Å². The molecule has 1 N–H and O–H groups in total. The van der Waals surface area contributed by atoms with Gasteiger partial charge in [0.2, 0.25) is 0 Å². The number of nitrogens with one attached hydrogen (secondary N) is 1. The zero-order valence-electron chi connectivity index (χ0n) is 7.33. The minimum absolute atomic E-state index is 0.816. The first-order valence-corrected chi connectivity index (χ1v) is 4.06. The Morgan fingerprint density at radius 3 is 3.25 bits per heavy atom. The molecular formula is C8H12N4. The summed E-state index contributed by atoms with van der Waals surface area (Å²) < 4.78 is 0. The Hall–Kier alpha value is -1.32. The molecule has 1 aromatic heterocycles. The van der Waals surface area contributed by atoms with E-state index in [4.69, 9.17) is 0 Å². The van der Waals surface area contributed by atoms with Crippen molar-refractivity contribution in [1.29, 1.82) is 0 Å². The molecule has 2 rings (SSSR count). The quantitative estimate of drug-likeness (QED) is 0.611. The number of aryl methyl sites for hydroxylation is 1. The summed E-state index contributed by atoms with van der Waals surface area (Å²) in [6.07, 6.45) is 1.86. The fourth-order valence-corrected chi connectivity index (χ4v) is 1.34. The highest BCUT2D eigenvalue weighted by Gasteiger charge is 2.13. The maximum Gasteiger partial charge on any atom is 0.153 e. The molecule has 0 aliphatic carbocycles. The lowest BCUT2D eigenvalue weighted by molar-refractivity contribution is 0.857. The number of likely N-dealkylation sites (N-methyl/N-ethyl adjacent to an activating group) is 1. The van der Waals surface area contributed by atoms with Crippen LogP contribution in [0.25, 0.3) is 0 Å². The minimum Gasteiger partial charge on any atom is -0.369 e. The molecule has 4 heteroatoms. The van der Waals surface area contributed by atoms with Crippen molar-refractivity contribution in [3.8, 4) is 0 Å². The molecule has 0 saturated carbocycles. The van der Waals surface area contributed by atoms with Crippen molar-refractivity contribution in [3.05, 3.63) is 12.0 Å². The molecule has 0 aromatic carbocycles. The van der Waals surface area contributed by atoms with Crippen molar-refractivity contribution in [2.24, 2.45) is 0 Å². The highest BCUT2D eigenvalue weighted by molar-refractivity contribution is 5.66. The van der Waals surface area contributed by atoms with E-state index in [1.807, 2.05) is 13.1 Å². The van der Waals surface area contributed by atoms with Crippen LogP contribution in [0.15, 0.2) is 6.20 Å². The van der Waals surface area contributed by atoms with Gasteiger partial charge < -0.3 is 10.2 Å². The van der Waals surface area contributed by atoms with Crippen molar-refractivity contribution in [1.82, 2.24) is 9.97 Å². The number of rotatable bonds is 0. The molecule has 1 aromatic rings. The number of fused-ring (bicyclic) bond motifs is 1. The summed E-state index contributed by atoms with van der Waals surface area (Å²) in [6.45, 7) is 3.87. The smallest absolute Gasteiger partial charge is 0.153 e. The lowest BCUT2D eigenvalue weighted by Gasteiger charge is -2.26. The molecule has 2 heterocycles. The van der Waals surface area contributed by atoms with Crippen LogP contribution >= 0.6 is 0 Å². The molecule has 12 heavy (non-hydrogen) atoms. The Balaban J connectivity index is 2.46. The second-order valence-corrected chi connectivity index (χ2v) is 3.00. The van der Waals surface area contributed by atoms with Crippen LogP contribution in [0.3, 0.4) is 0 Å². The summed E-state index contributed by atoms with van der Waals surface area (Å²) in [5.41, 5.74) is 1.09. The zero-order chi connectivity index (χ0) is 8.55. The summed E-state index contributed by atoms with van der Waals surface area (Å²) in [5, 5.41) is 3.24. The third-order valence-corrected chi connectivity index (χ3v) is 2.04. The second-order valence-electron chi connectivity index (χ2n) is 3.00. The summed E-state index contributed by atoms with van der Waals surface area (Å²) in [5.74, 6) is 1.77. The summed E-state index contributed by atoms with van der Waals surface area (Å²) in [4.78, 5) is 10.6. The highest BCUT2D eigenvalue weighted by atomic mass is 15.2. The topological polar surface area (TPSA) is 41.1 Å². The number of aromatic nitrogens is 2.